The van der Waals surface area contributed by atoms with Gasteiger partial charge in [-0.1, -0.05) is 6.07 Å². The van der Waals surface area contributed by atoms with E-state index >= 15 is 4.21 Å². The number of hydrogen-bond donors (Lipinski definition) is 4. The minimum Gasteiger partial charge on any atom is -0.504 e. The first-order chi connectivity index (χ1) is 26.3. The van der Waals surface area contributed by atoms with Crippen LogP contribution in [0, 0.1) is 13.8 Å². The van der Waals surface area contributed by atoms with Crippen LogP contribution in [0.25, 0.3) is 0 Å². The molecule has 3 aromatic rings. The number of fused-ring (bicyclic) bond motifs is 9. The van der Waals surface area contributed by atoms with Gasteiger partial charge in [-0.25, -0.2) is 4.79 Å². The zero-order chi connectivity index (χ0) is 38.8. The fourth-order valence-corrected chi connectivity index (χ4v) is 12.3. The van der Waals surface area contributed by atoms with Crippen LogP contribution in [0.5, 0.6) is 40.2 Å². The zero-order valence-corrected chi connectivity index (χ0v) is 32.1. The molecule has 55 heavy (non-hydrogen) atoms. The van der Waals surface area contributed by atoms with Gasteiger partial charge < -0.3 is 43.7 Å². The quantitative estimate of drug-likeness (QED) is 0.224. The monoisotopic (exact) mass is 777 g/mol. The summed E-state index contributed by atoms with van der Waals surface area (Å²) in [4.78, 5) is 31.5. The Morgan fingerprint density at radius 2 is 1.78 bits per heavy atom. The number of methoxy groups -OCH3 is 2. The number of benzene rings is 3. The van der Waals surface area contributed by atoms with Crippen LogP contribution >= 0.6 is 0 Å². The predicted octanol–water partition coefficient (Wildman–Crippen LogP) is 2.43. The Labute approximate surface area is 319 Å². The van der Waals surface area contributed by atoms with Gasteiger partial charge in [-0.15, -0.1) is 0 Å². The van der Waals surface area contributed by atoms with E-state index in [2.05, 4.69) is 5.32 Å². The van der Waals surface area contributed by atoms with E-state index < -0.39 is 63.9 Å². The predicted molar refractivity (Wildman–Crippen MR) is 195 cm³/mol. The molecule has 4 bridgehead atoms. The summed E-state index contributed by atoms with van der Waals surface area (Å²) in [7, 11) is 2.72. The lowest BCUT2D eigenvalue weighted by molar-refractivity contribution is -0.186. The molecule has 7 aliphatic heterocycles. The van der Waals surface area contributed by atoms with Crippen LogP contribution in [-0.2, 0) is 43.5 Å². The second-order valence-corrected chi connectivity index (χ2v) is 16.7. The van der Waals surface area contributed by atoms with Crippen molar-refractivity contribution in [2.24, 2.45) is 0 Å². The normalized spacial score (nSPS) is 30.5. The molecule has 2 saturated heterocycles. The fraction of sp³-hybridized carbons (Fsp3) is 0.487. The number of piperazine rings is 1. The highest BCUT2D eigenvalue weighted by Crippen LogP contribution is 2.63. The van der Waals surface area contributed by atoms with Gasteiger partial charge in [0.2, 0.25) is 6.79 Å². The Hall–Kier alpha value is -4.61. The fourth-order valence-electron chi connectivity index (χ4n) is 10.2. The van der Waals surface area contributed by atoms with Gasteiger partial charge in [-0.2, -0.15) is 0 Å². The number of nitrogens with one attached hydrogen (secondary N) is 1. The standard InChI is InChI=1S/C39H43N3O12S/c1-16-9-20-10-22-37(46)42-23-13-51-38(47)39(21-12-25(49-5)24(44)11-19(21)7-8-40-39)14-55(48)36(30(42)29(41(22)4)26(20)31(45)32(16)50-6)28-27(23)35-34(52-15-53-35)17(2)33(28)54-18(3)43/h9,11-12,22-23,29-30,36-37,40,44-46H,7-8,10,13-15H2,1-6H3/t22-,23+,29?,30?,36-,37+,39-,55?/m1/s1. The third kappa shape index (κ3) is 4.90. The van der Waals surface area contributed by atoms with Gasteiger partial charge in [0.05, 0.1) is 49.4 Å². The highest BCUT2D eigenvalue weighted by molar-refractivity contribution is 7.85. The second-order valence-electron chi connectivity index (χ2n) is 15.1. The topological polar surface area (TPSA) is 186 Å². The van der Waals surface area contributed by atoms with E-state index in [-0.39, 0.29) is 42.2 Å². The average molecular weight is 778 g/mol. The van der Waals surface area contributed by atoms with Gasteiger partial charge in [0.15, 0.2) is 40.0 Å². The van der Waals surface area contributed by atoms with E-state index in [9.17, 15) is 24.9 Å². The molecule has 3 unspecified atom stereocenters. The summed E-state index contributed by atoms with van der Waals surface area (Å²) in [6.07, 6.45) is -0.330. The number of ether oxygens (including phenoxy) is 6. The Morgan fingerprint density at radius 3 is 2.51 bits per heavy atom. The number of phenols is 2. The molecule has 16 heteroatoms. The van der Waals surface area contributed by atoms with Crippen molar-refractivity contribution in [1.82, 2.24) is 15.1 Å². The summed E-state index contributed by atoms with van der Waals surface area (Å²) in [5, 5.41) is 37.6. The number of hydrogen-bond acceptors (Lipinski definition) is 15. The maximum absolute atomic E-state index is 15.9. The van der Waals surface area contributed by atoms with E-state index in [0.717, 1.165) is 11.1 Å². The van der Waals surface area contributed by atoms with Gasteiger partial charge in [-0.05, 0) is 68.1 Å². The molecule has 8 atom stereocenters. The van der Waals surface area contributed by atoms with Crippen molar-refractivity contribution in [2.45, 2.75) is 74.8 Å². The molecule has 2 fully saturated rings. The van der Waals surface area contributed by atoms with Crippen molar-refractivity contribution in [3.8, 4) is 40.2 Å². The number of aromatic hydroxyl groups is 2. The van der Waals surface area contributed by atoms with E-state index in [1.54, 1.807) is 19.1 Å². The van der Waals surface area contributed by atoms with Crippen molar-refractivity contribution >= 4 is 22.7 Å². The summed E-state index contributed by atoms with van der Waals surface area (Å²) in [6.45, 7) is 4.77. The number of esters is 2. The lowest BCUT2D eigenvalue weighted by Crippen LogP contribution is -2.70. The number of nitrogens with zero attached hydrogens (tertiary/aromatic N) is 2. The summed E-state index contributed by atoms with van der Waals surface area (Å²) in [5.74, 6) is -0.492. The van der Waals surface area contributed by atoms with Gasteiger partial charge in [0.25, 0.3) is 0 Å². The van der Waals surface area contributed by atoms with E-state index in [0.29, 0.717) is 70.0 Å². The van der Waals surface area contributed by atoms with Crippen molar-refractivity contribution in [3.63, 3.8) is 0 Å². The molecule has 4 N–H and O–H groups in total. The number of aliphatic hydroxyl groups is 1. The molecule has 0 aromatic heterocycles. The summed E-state index contributed by atoms with van der Waals surface area (Å²) in [5.41, 5.74) is 2.93. The molecule has 0 radical (unpaired) electrons. The van der Waals surface area contributed by atoms with E-state index in [1.165, 1.54) is 21.1 Å². The minimum absolute atomic E-state index is 0.0529. The van der Waals surface area contributed by atoms with Crippen LogP contribution in [-0.4, -0.2) is 107 Å². The number of carbonyl (C=O) groups is 2. The number of aliphatic hydroxyl groups excluding tert-OH is 1. The van der Waals surface area contributed by atoms with Crippen molar-refractivity contribution in [2.75, 3.05) is 47.0 Å². The number of rotatable bonds is 3. The number of aryl methyl sites for hydroxylation is 1. The maximum Gasteiger partial charge on any atom is 0.332 e. The first-order valence-corrected chi connectivity index (χ1v) is 19.6. The molecule has 10 rings (SSSR count). The van der Waals surface area contributed by atoms with Crippen LogP contribution in [0.1, 0.15) is 68.8 Å². The first kappa shape index (κ1) is 36.1. The Balaban J connectivity index is 1.35. The lowest BCUT2D eigenvalue weighted by atomic mass is 9.73. The zero-order valence-electron chi connectivity index (χ0n) is 31.3. The average Bonchev–Trinajstić information content (AvgIpc) is 3.64. The van der Waals surface area contributed by atoms with Crippen LogP contribution in [0.4, 0.5) is 0 Å². The smallest absolute Gasteiger partial charge is 0.332 e. The summed E-state index contributed by atoms with van der Waals surface area (Å²) < 4.78 is 51.5. The first-order valence-electron chi connectivity index (χ1n) is 18.2. The molecule has 15 nitrogen and oxygen atoms in total. The van der Waals surface area contributed by atoms with Gasteiger partial charge in [-0.3, -0.25) is 24.1 Å². The van der Waals surface area contributed by atoms with E-state index in [1.807, 2.05) is 29.8 Å². The molecule has 0 amide bonds. The van der Waals surface area contributed by atoms with Crippen molar-refractivity contribution in [3.05, 3.63) is 62.7 Å². The van der Waals surface area contributed by atoms with Crippen LogP contribution in [0.3, 0.4) is 0 Å². The Kier molecular flexibility index (Phi) is 8.33. The van der Waals surface area contributed by atoms with Crippen molar-refractivity contribution < 1.29 is 57.5 Å². The Bertz CT molecular complexity index is 2210. The molecule has 3 aromatic carbocycles. The molecular formula is C39H43N3O12S. The van der Waals surface area contributed by atoms with Crippen LogP contribution in [0.15, 0.2) is 18.2 Å². The third-order valence-electron chi connectivity index (χ3n) is 12.4. The lowest BCUT2D eigenvalue weighted by Gasteiger charge is -2.62. The van der Waals surface area contributed by atoms with Crippen molar-refractivity contribution in [1.29, 1.82) is 0 Å². The second kappa shape index (κ2) is 12.7. The Morgan fingerprint density at radius 1 is 1.02 bits per heavy atom. The molecular weight excluding hydrogens is 735 g/mol. The molecule has 1 spiro atoms. The SMILES string of the molecule is COc1cc2c(cc1O)CCN[C@]21CS(=O)[C@@H]2c3c(OC(C)=O)c(C)c4c(c3[C@H](COC1=O)N1C2C2c3c(cc(C)c(OC)c3O)C[C@H]([C@@H]1O)N2C)OCO4. The van der Waals surface area contributed by atoms with E-state index in [4.69, 9.17) is 28.4 Å². The number of likely N-dealkylation sites (N-methyl/N-ethyl adjacent to an activating group) is 1. The highest BCUT2D eigenvalue weighted by Gasteiger charge is 2.63. The van der Waals surface area contributed by atoms with Crippen LogP contribution in [0.2, 0.25) is 0 Å². The van der Waals surface area contributed by atoms with Gasteiger partial charge in [0.1, 0.15) is 18.6 Å². The third-order valence-corrected chi connectivity index (χ3v) is 14.2. The number of phenolic OH excluding ortho intramolecular Hbond substituents is 2. The molecule has 7 aliphatic rings. The molecule has 0 saturated carbocycles. The highest BCUT2D eigenvalue weighted by atomic mass is 32.2. The summed E-state index contributed by atoms with van der Waals surface area (Å²) in [6, 6.07) is 2.16. The van der Waals surface area contributed by atoms with Crippen LogP contribution < -0.4 is 29.0 Å². The minimum atomic E-state index is -2.06. The molecule has 292 valence electrons. The maximum atomic E-state index is 15.9. The molecule has 0 aliphatic carbocycles. The van der Waals surface area contributed by atoms with Gasteiger partial charge >= 0.3 is 11.9 Å². The molecule has 7 heterocycles. The number of carbonyl (C=O) groups excluding carboxylic acids is 2. The van der Waals surface area contributed by atoms with Gasteiger partial charge in [0, 0.05) is 46.5 Å². The largest absolute Gasteiger partial charge is 0.504 e. The summed E-state index contributed by atoms with van der Waals surface area (Å²) >= 11 is 0.